The Morgan fingerprint density at radius 3 is 2.30 bits per heavy atom. The summed E-state index contributed by atoms with van der Waals surface area (Å²) in [5, 5.41) is 4.86. The number of amides is 3. The highest BCUT2D eigenvalue weighted by Gasteiger charge is 2.39. The lowest BCUT2D eigenvalue weighted by Gasteiger charge is -2.35. The van der Waals surface area contributed by atoms with Crippen LogP contribution in [-0.2, 0) is 14.4 Å². The number of benzene rings is 3. The molecule has 6 rings (SSSR count). The molecule has 1 fully saturated rings. The molecule has 2 aliphatic heterocycles. The van der Waals surface area contributed by atoms with Crippen LogP contribution >= 0.6 is 11.8 Å². The van der Waals surface area contributed by atoms with E-state index in [1.165, 1.54) is 11.8 Å². The Labute approximate surface area is 279 Å². The summed E-state index contributed by atoms with van der Waals surface area (Å²) in [6.07, 6.45) is 0. The normalized spacial score (nSPS) is 16.5. The van der Waals surface area contributed by atoms with Crippen LogP contribution in [0.4, 0.5) is 5.82 Å². The van der Waals surface area contributed by atoms with Gasteiger partial charge in [-0.1, -0.05) is 48.0 Å². The molecule has 0 unspecified atom stereocenters. The highest BCUT2D eigenvalue weighted by molar-refractivity contribution is 8.00. The van der Waals surface area contributed by atoms with Crippen LogP contribution in [0.1, 0.15) is 34.4 Å². The third kappa shape index (κ3) is 6.32. The number of aryl methyl sites for hydroxylation is 2. The van der Waals surface area contributed by atoms with E-state index in [-0.39, 0.29) is 35.3 Å². The molecule has 0 radical (unpaired) electrons. The molecule has 4 aromatic rings. The standard InChI is InChI=1S/C36H39N5O5S/c1-23-11-13-29(24(2)19-23)41-36-33(34(37-41)26-9-7-6-8-10-26)35(28-20-27(45-4)12-14-30(28)46-5)47-22-32(44)40(36)21-31(43)39-17-15-38(16-18-39)25(3)42/h6-14,19-20,35H,15-18,21-22H2,1-5H3/t35-/m1/s1. The fourth-order valence-corrected chi connectivity index (χ4v) is 7.55. The number of carbonyl (C=O) groups excluding carboxylic acids is 3. The lowest BCUT2D eigenvalue weighted by atomic mass is 9.98. The molecule has 0 bridgehead atoms. The van der Waals surface area contributed by atoms with E-state index in [2.05, 4.69) is 6.07 Å². The molecule has 0 spiro atoms. The summed E-state index contributed by atoms with van der Waals surface area (Å²) in [6.45, 7) is 7.21. The molecule has 10 nitrogen and oxygen atoms in total. The second-order valence-corrected chi connectivity index (χ2v) is 12.9. The van der Waals surface area contributed by atoms with Crippen LogP contribution in [0.3, 0.4) is 0 Å². The summed E-state index contributed by atoms with van der Waals surface area (Å²) < 4.78 is 13.3. The summed E-state index contributed by atoms with van der Waals surface area (Å²) in [5.74, 6) is 1.63. The van der Waals surface area contributed by atoms with Crippen molar-refractivity contribution in [3.63, 3.8) is 0 Å². The highest BCUT2D eigenvalue weighted by atomic mass is 32.2. The second-order valence-electron chi connectivity index (χ2n) is 11.8. The predicted octanol–water partition coefficient (Wildman–Crippen LogP) is 5.03. The van der Waals surface area contributed by atoms with Crippen molar-refractivity contribution in [1.82, 2.24) is 19.6 Å². The third-order valence-electron chi connectivity index (χ3n) is 8.81. The van der Waals surface area contributed by atoms with Gasteiger partial charge in [0, 0.05) is 49.8 Å². The molecule has 1 saturated heterocycles. The Bertz CT molecular complexity index is 1820. The molecular weight excluding hydrogens is 614 g/mol. The Balaban J connectivity index is 1.57. The first kappa shape index (κ1) is 32.2. The van der Waals surface area contributed by atoms with Gasteiger partial charge in [0.2, 0.25) is 17.7 Å². The number of methoxy groups -OCH3 is 2. The molecule has 2 aliphatic rings. The largest absolute Gasteiger partial charge is 0.497 e. The zero-order chi connectivity index (χ0) is 33.2. The summed E-state index contributed by atoms with van der Waals surface area (Å²) >= 11 is 1.48. The number of thioether (sulfide) groups is 1. The van der Waals surface area contributed by atoms with E-state index in [0.29, 0.717) is 49.2 Å². The average Bonchev–Trinajstić information content (AvgIpc) is 3.40. The van der Waals surface area contributed by atoms with E-state index < -0.39 is 0 Å². The van der Waals surface area contributed by atoms with Crippen LogP contribution < -0.4 is 14.4 Å². The smallest absolute Gasteiger partial charge is 0.242 e. The number of carbonyl (C=O) groups is 3. The third-order valence-corrected chi connectivity index (χ3v) is 10.0. The quantitative estimate of drug-likeness (QED) is 0.276. The number of anilines is 1. The maximum Gasteiger partial charge on any atom is 0.242 e. The molecule has 3 amide bonds. The first-order chi connectivity index (χ1) is 22.7. The number of rotatable bonds is 7. The zero-order valence-electron chi connectivity index (χ0n) is 27.4. The van der Waals surface area contributed by atoms with E-state index in [9.17, 15) is 14.4 Å². The highest BCUT2D eigenvalue weighted by Crippen LogP contribution is 2.51. The number of ether oxygens (including phenoxy) is 2. The van der Waals surface area contributed by atoms with Gasteiger partial charge in [-0.05, 0) is 43.7 Å². The Kier molecular flexibility index (Phi) is 9.26. The van der Waals surface area contributed by atoms with E-state index in [0.717, 1.165) is 33.5 Å². The van der Waals surface area contributed by atoms with Crippen LogP contribution in [0.5, 0.6) is 11.5 Å². The minimum atomic E-state index is -0.382. The number of hydrogen-bond donors (Lipinski definition) is 0. The van der Waals surface area contributed by atoms with Crippen molar-refractivity contribution in [3.05, 3.63) is 89.0 Å². The van der Waals surface area contributed by atoms with Gasteiger partial charge in [0.15, 0.2) is 0 Å². The summed E-state index contributed by atoms with van der Waals surface area (Å²) in [7, 11) is 3.25. The SMILES string of the molecule is COc1ccc(OC)c([C@H]2SCC(=O)N(CC(=O)N3CCN(C(C)=O)CC3)c3c2c(-c2ccccc2)nn3-c2ccc(C)cc2C)c1. The van der Waals surface area contributed by atoms with Gasteiger partial charge in [0.1, 0.15) is 23.9 Å². The fourth-order valence-electron chi connectivity index (χ4n) is 6.34. The summed E-state index contributed by atoms with van der Waals surface area (Å²) in [6, 6.07) is 21.7. The van der Waals surface area contributed by atoms with Crippen molar-refractivity contribution in [2.24, 2.45) is 0 Å². The average molecular weight is 654 g/mol. The van der Waals surface area contributed by atoms with Crippen LogP contribution in [0.15, 0.2) is 66.7 Å². The predicted molar refractivity (Wildman–Crippen MR) is 184 cm³/mol. The molecule has 11 heteroatoms. The lowest BCUT2D eigenvalue weighted by Crippen LogP contribution is -2.53. The van der Waals surface area contributed by atoms with Crippen molar-refractivity contribution in [2.45, 2.75) is 26.0 Å². The fraction of sp³-hybridized carbons (Fsp3) is 0.333. The maximum atomic E-state index is 14.2. The minimum Gasteiger partial charge on any atom is -0.497 e. The van der Waals surface area contributed by atoms with Gasteiger partial charge in [-0.15, -0.1) is 11.8 Å². The van der Waals surface area contributed by atoms with Crippen LogP contribution in [-0.4, -0.2) is 90.0 Å². The number of piperazine rings is 1. The van der Waals surface area contributed by atoms with Crippen molar-refractivity contribution in [1.29, 1.82) is 0 Å². The van der Waals surface area contributed by atoms with Gasteiger partial charge in [0.05, 0.1) is 36.6 Å². The molecule has 3 heterocycles. The number of aromatic nitrogens is 2. The lowest BCUT2D eigenvalue weighted by molar-refractivity contribution is -0.137. The molecule has 0 saturated carbocycles. The van der Waals surface area contributed by atoms with Gasteiger partial charge >= 0.3 is 0 Å². The van der Waals surface area contributed by atoms with Gasteiger partial charge in [-0.2, -0.15) is 5.10 Å². The Morgan fingerprint density at radius 2 is 1.64 bits per heavy atom. The summed E-state index contributed by atoms with van der Waals surface area (Å²) in [4.78, 5) is 45.2. The maximum absolute atomic E-state index is 14.2. The molecule has 47 heavy (non-hydrogen) atoms. The van der Waals surface area contributed by atoms with Crippen molar-refractivity contribution >= 4 is 35.3 Å². The van der Waals surface area contributed by atoms with Gasteiger partial charge in [-0.3, -0.25) is 19.3 Å². The number of hydrogen-bond acceptors (Lipinski definition) is 7. The van der Waals surface area contributed by atoms with Crippen molar-refractivity contribution < 1.29 is 23.9 Å². The molecule has 0 aliphatic carbocycles. The van der Waals surface area contributed by atoms with E-state index in [1.54, 1.807) is 35.8 Å². The van der Waals surface area contributed by atoms with Crippen molar-refractivity contribution in [2.75, 3.05) is 57.6 Å². The van der Waals surface area contributed by atoms with E-state index in [1.807, 2.05) is 79.2 Å². The van der Waals surface area contributed by atoms with Crippen LogP contribution in [0.2, 0.25) is 0 Å². The van der Waals surface area contributed by atoms with Gasteiger partial charge in [-0.25, -0.2) is 4.68 Å². The first-order valence-corrected chi connectivity index (χ1v) is 16.7. The first-order valence-electron chi connectivity index (χ1n) is 15.6. The van der Waals surface area contributed by atoms with Crippen LogP contribution in [0, 0.1) is 13.8 Å². The Morgan fingerprint density at radius 1 is 0.915 bits per heavy atom. The molecule has 3 aromatic carbocycles. The van der Waals surface area contributed by atoms with E-state index in [4.69, 9.17) is 14.6 Å². The summed E-state index contributed by atoms with van der Waals surface area (Å²) in [5.41, 5.74) is 6.17. The topological polar surface area (TPSA) is 97.2 Å². The number of fused-ring (bicyclic) bond motifs is 1. The Hall–Kier alpha value is -4.77. The monoisotopic (exact) mass is 653 g/mol. The second kappa shape index (κ2) is 13.5. The molecule has 244 valence electrons. The molecular formula is C36H39N5O5S. The van der Waals surface area contributed by atoms with Crippen molar-refractivity contribution in [3.8, 4) is 28.4 Å². The van der Waals surface area contributed by atoms with E-state index >= 15 is 0 Å². The van der Waals surface area contributed by atoms with Gasteiger partial charge < -0.3 is 19.3 Å². The van der Waals surface area contributed by atoms with Gasteiger partial charge in [0.25, 0.3) is 0 Å². The molecule has 1 aromatic heterocycles. The van der Waals surface area contributed by atoms with Crippen LogP contribution in [0.25, 0.3) is 16.9 Å². The number of nitrogens with zero attached hydrogens (tertiary/aromatic N) is 5. The minimum absolute atomic E-state index is 0.00807. The molecule has 1 atom stereocenters. The zero-order valence-corrected chi connectivity index (χ0v) is 28.2. The molecule has 0 N–H and O–H groups in total.